The molecule has 1 saturated carbocycles. The number of carbonyl (C=O) groups excluding carboxylic acids is 1. The van der Waals surface area contributed by atoms with Crippen LogP contribution in [0.15, 0.2) is 0 Å². The van der Waals surface area contributed by atoms with E-state index in [1.165, 1.54) is 12.8 Å². The first-order chi connectivity index (χ1) is 6.52. The highest BCUT2D eigenvalue weighted by molar-refractivity contribution is 5.81. The van der Waals surface area contributed by atoms with Gasteiger partial charge >= 0.3 is 0 Å². The molecular formula is C11H22N2O. The van der Waals surface area contributed by atoms with Crippen molar-refractivity contribution < 1.29 is 4.79 Å². The van der Waals surface area contributed by atoms with Gasteiger partial charge in [0.05, 0.1) is 6.04 Å². The van der Waals surface area contributed by atoms with Crippen LogP contribution >= 0.6 is 0 Å². The molecule has 1 aliphatic carbocycles. The molecule has 0 aromatic heterocycles. The number of rotatable bonds is 2. The maximum Gasteiger partial charge on any atom is 0.239 e. The van der Waals surface area contributed by atoms with E-state index in [1.54, 1.807) is 6.92 Å². The highest BCUT2D eigenvalue weighted by Crippen LogP contribution is 2.26. The third-order valence-electron chi connectivity index (χ3n) is 3.27. The van der Waals surface area contributed by atoms with Crippen LogP contribution in [0.2, 0.25) is 0 Å². The summed E-state index contributed by atoms with van der Waals surface area (Å²) in [6.45, 7) is 4.04. The number of amides is 1. The number of nitrogens with zero attached hydrogens (tertiary/aromatic N) is 1. The van der Waals surface area contributed by atoms with Crippen LogP contribution < -0.4 is 5.73 Å². The van der Waals surface area contributed by atoms with Crippen molar-refractivity contribution in [2.24, 2.45) is 11.7 Å². The number of likely N-dealkylation sites (N-methyl/N-ethyl adjacent to an activating group) is 1. The molecule has 1 atom stereocenters. The van der Waals surface area contributed by atoms with Crippen molar-refractivity contribution >= 4 is 5.91 Å². The summed E-state index contributed by atoms with van der Waals surface area (Å²) in [5, 5.41) is 0. The summed E-state index contributed by atoms with van der Waals surface area (Å²) in [6, 6.07) is 0.0593. The molecule has 0 spiro atoms. The van der Waals surface area contributed by atoms with Crippen LogP contribution in [0.5, 0.6) is 0 Å². The van der Waals surface area contributed by atoms with Crippen LogP contribution in [0.3, 0.4) is 0 Å². The molecule has 1 amide bonds. The van der Waals surface area contributed by atoms with Gasteiger partial charge in [-0.2, -0.15) is 0 Å². The molecule has 0 aromatic rings. The molecule has 0 aliphatic heterocycles. The molecule has 0 heterocycles. The van der Waals surface area contributed by atoms with Crippen molar-refractivity contribution in [3.8, 4) is 0 Å². The van der Waals surface area contributed by atoms with E-state index in [0.29, 0.717) is 6.04 Å². The van der Waals surface area contributed by atoms with Gasteiger partial charge in [-0.3, -0.25) is 4.79 Å². The molecule has 1 rings (SSSR count). The quantitative estimate of drug-likeness (QED) is 0.728. The van der Waals surface area contributed by atoms with Crippen molar-refractivity contribution in [1.82, 2.24) is 4.90 Å². The van der Waals surface area contributed by atoms with Crippen LogP contribution in [-0.4, -0.2) is 29.9 Å². The Morgan fingerprint density at radius 3 is 2.29 bits per heavy atom. The second kappa shape index (κ2) is 4.78. The second-order valence-electron chi connectivity index (χ2n) is 4.65. The van der Waals surface area contributed by atoms with Crippen LogP contribution in [0, 0.1) is 5.92 Å². The lowest BCUT2D eigenvalue weighted by molar-refractivity contribution is -0.133. The van der Waals surface area contributed by atoms with Crippen molar-refractivity contribution in [1.29, 1.82) is 0 Å². The largest absolute Gasteiger partial charge is 0.341 e. The molecule has 82 valence electrons. The maximum absolute atomic E-state index is 11.6. The topological polar surface area (TPSA) is 46.3 Å². The Kier molecular flexibility index (Phi) is 3.93. The van der Waals surface area contributed by atoms with Gasteiger partial charge < -0.3 is 10.6 Å². The second-order valence-corrected chi connectivity index (χ2v) is 4.65. The van der Waals surface area contributed by atoms with Gasteiger partial charge in [0.1, 0.15) is 0 Å². The normalized spacial score (nSPS) is 29.7. The first-order valence-corrected chi connectivity index (χ1v) is 5.54. The first kappa shape index (κ1) is 11.5. The minimum absolute atomic E-state index is 0.0737. The summed E-state index contributed by atoms with van der Waals surface area (Å²) < 4.78 is 0. The van der Waals surface area contributed by atoms with E-state index in [-0.39, 0.29) is 11.9 Å². The fraction of sp³-hybridized carbons (Fsp3) is 0.909. The number of carbonyl (C=O) groups is 1. The minimum Gasteiger partial charge on any atom is -0.341 e. The molecule has 14 heavy (non-hydrogen) atoms. The molecule has 0 radical (unpaired) electrons. The molecule has 3 nitrogen and oxygen atoms in total. The van der Waals surface area contributed by atoms with E-state index in [9.17, 15) is 4.79 Å². The van der Waals surface area contributed by atoms with Gasteiger partial charge in [-0.15, -0.1) is 0 Å². The monoisotopic (exact) mass is 198 g/mol. The van der Waals surface area contributed by atoms with E-state index in [4.69, 9.17) is 5.73 Å². The number of nitrogens with two attached hydrogens (primary N) is 1. The van der Waals surface area contributed by atoms with Gasteiger partial charge in [-0.05, 0) is 38.5 Å². The fourth-order valence-corrected chi connectivity index (χ4v) is 2.13. The van der Waals surface area contributed by atoms with Gasteiger partial charge in [0.25, 0.3) is 0 Å². The van der Waals surface area contributed by atoms with Crippen molar-refractivity contribution in [3.05, 3.63) is 0 Å². The lowest BCUT2D eigenvalue weighted by atomic mass is 9.86. The third-order valence-corrected chi connectivity index (χ3v) is 3.27. The molecule has 0 bridgehead atoms. The highest BCUT2D eigenvalue weighted by atomic mass is 16.2. The Bertz CT molecular complexity index is 195. The fourth-order valence-electron chi connectivity index (χ4n) is 2.13. The van der Waals surface area contributed by atoms with Gasteiger partial charge in [-0.1, -0.05) is 6.92 Å². The summed E-state index contributed by atoms with van der Waals surface area (Å²) in [7, 11) is 1.88. The lowest BCUT2D eigenvalue weighted by Crippen LogP contribution is -2.46. The summed E-state index contributed by atoms with van der Waals surface area (Å²) in [4.78, 5) is 13.5. The standard InChI is InChI=1S/C11H22N2O/c1-8-4-6-10(7-5-8)13(3)11(14)9(2)12/h8-10H,4-7,12H2,1-3H3/t8?,9-,10?/m1/s1. The average Bonchev–Trinajstić information content (AvgIpc) is 2.16. The Morgan fingerprint density at radius 2 is 1.86 bits per heavy atom. The Hall–Kier alpha value is -0.570. The van der Waals surface area contributed by atoms with E-state index in [1.807, 2.05) is 11.9 Å². The Morgan fingerprint density at radius 1 is 1.36 bits per heavy atom. The zero-order valence-electron chi connectivity index (χ0n) is 9.49. The van der Waals surface area contributed by atoms with E-state index in [2.05, 4.69) is 6.92 Å². The number of hydrogen-bond acceptors (Lipinski definition) is 2. The van der Waals surface area contributed by atoms with Gasteiger partial charge in [0, 0.05) is 13.1 Å². The van der Waals surface area contributed by atoms with Crippen LogP contribution in [0.25, 0.3) is 0 Å². The smallest absolute Gasteiger partial charge is 0.239 e. The van der Waals surface area contributed by atoms with E-state index in [0.717, 1.165) is 18.8 Å². The highest BCUT2D eigenvalue weighted by Gasteiger charge is 2.25. The summed E-state index contributed by atoms with van der Waals surface area (Å²) in [6.07, 6.45) is 4.74. The molecule has 0 aromatic carbocycles. The van der Waals surface area contributed by atoms with Crippen LogP contribution in [0.4, 0.5) is 0 Å². The maximum atomic E-state index is 11.6. The summed E-state index contributed by atoms with van der Waals surface area (Å²) >= 11 is 0. The summed E-state index contributed by atoms with van der Waals surface area (Å²) in [5.41, 5.74) is 5.58. The predicted octanol–water partition coefficient (Wildman–Crippen LogP) is 1.37. The minimum atomic E-state index is -0.362. The molecule has 0 saturated heterocycles. The van der Waals surface area contributed by atoms with Crippen LogP contribution in [0.1, 0.15) is 39.5 Å². The molecule has 2 N–H and O–H groups in total. The zero-order chi connectivity index (χ0) is 10.7. The number of hydrogen-bond donors (Lipinski definition) is 1. The lowest BCUT2D eigenvalue weighted by Gasteiger charge is -2.34. The Balaban J connectivity index is 2.45. The van der Waals surface area contributed by atoms with Crippen molar-refractivity contribution in [2.75, 3.05) is 7.05 Å². The van der Waals surface area contributed by atoms with Gasteiger partial charge in [-0.25, -0.2) is 0 Å². The molecule has 1 fully saturated rings. The van der Waals surface area contributed by atoms with Gasteiger partial charge in [0.2, 0.25) is 5.91 Å². The molecule has 3 heteroatoms. The van der Waals surface area contributed by atoms with Crippen molar-refractivity contribution in [3.63, 3.8) is 0 Å². The van der Waals surface area contributed by atoms with E-state index >= 15 is 0 Å². The van der Waals surface area contributed by atoms with Gasteiger partial charge in [0.15, 0.2) is 0 Å². The molecule has 1 aliphatic rings. The summed E-state index contributed by atoms with van der Waals surface area (Å²) in [5.74, 6) is 0.898. The molecule has 0 unspecified atom stereocenters. The zero-order valence-corrected chi connectivity index (χ0v) is 9.49. The Labute approximate surface area is 86.6 Å². The third kappa shape index (κ3) is 2.71. The van der Waals surface area contributed by atoms with E-state index < -0.39 is 0 Å². The SMILES string of the molecule is CC1CCC(N(C)C(=O)[C@@H](C)N)CC1. The molecular weight excluding hydrogens is 176 g/mol. The first-order valence-electron chi connectivity index (χ1n) is 5.54. The predicted molar refractivity (Wildman–Crippen MR) is 57.8 cm³/mol. The average molecular weight is 198 g/mol. The van der Waals surface area contributed by atoms with Crippen molar-refractivity contribution in [2.45, 2.75) is 51.6 Å². The van der Waals surface area contributed by atoms with Crippen LogP contribution in [-0.2, 0) is 4.79 Å².